The summed E-state index contributed by atoms with van der Waals surface area (Å²) in [6.45, 7) is 10.7. The Morgan fingerprint density at radius 1 is 1.25 bits per heavy atom. The van der Waals surface area contributed by atoms with Gasteiger partial charge >= 0.3 is 0 Å². The fraction of sp³-hybridized carbons (Fsp3) is 0.684. The Morgan fingerprint density at radius 3 is 2.67 bits per heavy atom. The maximum absolute atomic E-state index is 4.30. The van der Waals surface area contributed by atoms with Gasteiger partial charge in [-0.2, -0.15) is 0 Å². The summed E-state index contributed by atoms with van der Waals surface area (Å²) in [7, 11) is 1.94. The summed E-state index contributed by atoms with van der Waals surface area (Å²) in [5.74, 6) is 0. The first-order valence-electron chi connectivity index (χ1n) is 9.15. The molecular formula is C19H33N5. The van der Waals surface area contributed by atoms with E-state index in [-0.39, 0.29) is 0 Å². The Kier molecular flexibility index (Phi) is 7.66. The Labute approximate surface area is 146 Å². The van der Waals surface area contributed by atoms with Crippen molar-refractivity contribution >= 4 is 0 Å². The van der Waals surface area contributed by atoms with Crippen molar-refractivity contribution in [2.45, 2.75) is 59.0 Å². The first-order chi connectivity index (χ1) is 11.6. The molecule has 0 saturated carbocycles. The van der Waals surface area contributed by atoms with Gasteiger partial charge in [-0.1, -0.05) is 28.5 Å². The number of nitrogens with one attached hydrogen (secondary N) is 1. The fourth-order valence-electron chi connectivity index (χ4n) is 3.10. The minimum absolute atomic E-state index is 0.502. The zero-order valence-corrected chi connectivity index (χ0v) is 15.8. The van der Waals surface area contributed by atoms with E-state index in [1.54, 1.807) is 0 Å². The topological polar surface area (TPSA) is 46.0 Å². The Hall–Kier alpha value is -1.46. The number of likely N-dealkylation sites (tertiary alicyclic amines) is 1. The lowest BCUT2D eigenvalue weighted by Gasteiger charge is -2.31. The average molecular weight is 332 g/mol. The molecule has 1 aromatic rings. The van der Waals surface area contributed by atoms with Crippen molar-refractivity contribution in [3.8, 4) is 0 Å². The third kappa shape index (κ3) is 6.21. The first-order valence-corrected chi connectivity index (χ1v) is 9.15. The minimum atomic E-state index is 0.502. The summed E-state index contributed by atoms with van der Waals surface area (Å²) in [6.07, 6.45) is 11.5. The predicted molar refractivity (Wildman–Crippen MR) is 99.9 cm³/mol. The zero-order valence-electron chi connectivity index (χ0n) is 15.8. The highest BCUT2D eigenvalue weighted by molar-refractivity contribution is 5.03. The van der Waals surface area contributed by atoms with Crippen LogP contribution in [0.3, 0.4) is 0 Å². The van der Waals surface area contributed by atoms with Gasteiger partial charge in [0.1, 0.15) is 0 Å². The van der Waals surface area contributed by atoms with Gasteiger partial charge in [-0.3, -0.25) is 4.90 Å². The van der Waals surface area contributed by atoms with Gasteiger partial charge < -0.3 is 5.32 Å². The smallest absolute Gasteiger partial charge is 0.0964 e. The summed E-state index contributed by atoms with van der Waals surface area (Å²) < 4.78 is 2.06. The molecule has 5 nitrogen and oxygen atoms in total. The number of hydrogen-bond donors (Lipinski definition) is 1. The van der Waals surface area contributed by atoms with Gasteiger partial charge in [0.15, 0.2) is 0 Å². The van der Waals surface area contributed by atoms with E-state index in [9.17, 15) is 0 Å². The van der Waals surface area contributed by atoms with Gasteiger partial charge in [0.2, 0.25) is 0 Å². The summed E-state index contributed by atoms with van der Waals surface area (Å²) in [4.78, 5) is 2.55. The molecule has 1 N–H and O–H groups in total. The standard InChI is InChI=1S/C19H33N5/c1-16(2)6-5-7-17(3)8-11-23-12-9-19(10-13-23)24-15-18(14-20-4)21-22-24/h6,8,15,19-20H,5,7,9-14H2,1-4H3/b17-8+. The van der Waals surface area contributed by atoms with Gasteiger partial charge in [-0.25, -0.2) is 4.68 Å². The van der Waals surface area contributed by atoms with Crippen LogP contribution in [0.1, 0.15) is 58.2 Å². The second-order valence-corrected chi connectivity index (χ2v) is 7.12. The summed E-state index contributed by atoms with van der Waals surface area (Å²) in [5, 5.41) is 11.6. The van der Waals surface area contributed by atoms with Crippen molar-refractivity contribution in [1.82, 2.24) is 25.2 Å². The van der Waals surface area contributed by atoms with E-state index < -0.39 is 0 Å². The molecule has 0 unspecified atom stereocenters. The van der Waals surface area contributed by atoms with Crippen LogP contribution in [0.5, 0.6) is 0 Å². The van der Waals surface area contributed by atoms with E-state index in [1.807, 2.05) is 7.05 Å². The van der Waals surface area contributed by atoms with Gasteiger partial charge in [-0.15, -0.1) is 5.10 Å². The molecule has 1 saturated heterocycles. The lowest BCUT2D eigenvalue weighted by molar-refractivity contribution is 0.193. The van der Waals surface area contributed by atoms with Crippen LogP contribution in [-0.2, 0) is 6.54 Å². The quantitative estimate of drug-likeness (QED) is 0.742. The van der Waals surface area contributed by atoms with Gasteiger partial charge in [-0.05, 0) is 53.5 Å². The highest BCUT2D eigenvalue weighted by Gasteiger charge is 2.20. The number of rotatable bonds is 8. The molecule has 2 rings (SSSR count). The van der Waals surface area contributed by atoms with E-state index in [4.69, 9.17) is 0 Å². The summed E-state index contributed by atoms with van der Waals surface area (Å²) in [6, 6.07) is 0.502. The molecule has 1 aromatic heterocycles. The fourth-order valence-corrected chi connectivity index (χ4v) is 3.10. The molecule has 0 aromatic carbocycles. The van der Waals surface area contributed by atoms with Gasteiger partial charge in [0.05, 0.1) is 17.9 Å². The van der Waals surface area contributed by atoms with Crippen molar-refractivity contribution in [2.24, 2.45) is 0 Å². The molecule has 1 aliphatic rings. The van der Waals surface area contributed by atoms with Crippen LogP contribution in [0, 0.1) is 0 Å². The molecule has 1 fully saturated rings. The van der Waals surface area contributed by atoms with E-state index >= 15 is 0 Å². The average Bonchev–Trinajstić information content (AvgIpc) is 3.02. The van der Waals surface area contributed by atoms with Crippen LogP contribution in [0.25, 0.3) is 0 Å². The number of piperidine rings is 1. The molecule has 1 aliphatic heterocycles. The number of aromatic nitrogens is 3. The molecule has 0 aliphatic carbocycles. The highest BCUT2D eigenvalue weighted by atomic mass is 15.4. The normalized spacial score (nSPS) is 17.2. The largest absolute Gasteiger partial charge is 0.314 e. The monoisotopic (exact) mass is 331 g/mol. The Balaban J connectivity index is 1.73. The van der Waals surface area contributed by atoms with Crippen LogP contribution in [0.15, 0.2) is 29.5 Å². The number of hydrogen-bond acceptors (Lipinski definition) is 4. The maximum atomic E-state index is 4.30. The molecule has 2 heterocycles. The first kappa shape index (κ1) is 18.9. The van der Waals surface area contributed by atoms with Crippen molar-refractivity contribution in [1.29, 1.82) is 0 Å². The van der Waals surface area contributed by atoms with Crippen molar-refractivity contribution in [2.75, 3.05) is 26.7 Å². The number of nitrogens with zero attached hydrogens (tertiary/aromatic N) is 4. The molecule has 0 radical (unpaired) electrons. The Morgan fingerprint density at radius 2 is 2.00 bits per heavy atom. The van der Waals surface area contributed by atoms with Crippen molar-refractivity contribution in [3.63, 3.8) is 0 Å². The molecule has 0 spiro atoms. The van der Waals surface area contributed by atoms with Crippen molar-refractivity contribution < 1.29 is 0 Å². The van der Waals surface area contributed by atoms with E-state index in [2.05, 4.69) is 64.3 Å². The van der Waals surface area contributed by atoms with E-state index in [1.165, 1.54) is 17.6 Å². The van der Waals surface area contributed by atoms with Crippen LogP contribution in [0.4, 0.5) is 0 Å². The van der Waals surface area contributed by atoms with Crippen LogP contribution in [0.2, 0.25) is 0 Å². The minimum Gasteiger partial charge on any atom is -0.314 e. The lowest BCUT2D eigenvalue weighted by atomic mass is 10.0. The second kappa shape index (κ2) is 9.74. The Bertz CT molecular complexity index is 546. The van der Waals surface area contributed by atoms with Crippen LogP contribution < -0.4 is 5.32 Å². The highest BCUT2D eigenvalue weighted by Crippen LogP contribution is 2.21. The molecule has 0 bridgehead atoms. The molecule has 0 amide bonds. The van der Waals surface area contributed by atoms with Crippen LogP contribution >= 0.6 is 0 Å². The predicted octanol–water partition coefficient (Wildman–Crippen LogP) is 3.33. The van der Waals surface area contributed by atoms with Gasteiger partial charge in [0.25, 0.3) is 0 Å². The summed E-state index contributed by atoms with van der Waals surface area (Å²) >= 11 is 0. The summed E-state index contributed by atoms with van der Waals surface area (Å²) in [5.41, 5.74) is 3.94. The molecule has 24 heavy (non-hydrogen) atoms. The number of allylic oxidation sites excluding steroid dienone is 3. The van der Waals surface area contributed by atoms with E-state index in [0.29, 0.717) is 6.04 Å². The third-order valence-electron chi connectivity index (χ3n) is 4.64. The van der Waals surface area contributed by atoms with E-state index in [0.717, 1.165) is 51.1 Å². The molecular weight excluding hydrogens is 298 g/mol. The van der Waals surface area contributed by atoms with Crippen molar-refractivity contribution in [3.05, 3.63) is 35.2 Å². The SMILES string of the molecule is CNCc1cn(C2CCN(C/C=C(\C)CCC=C(C)C)CC2)nn1. The van der Waals surface area contributed by atoms with Gasteiger partial charge in [0, 0.05) is 26.2 Å². The third-order valence-corrected chi connectivity index (χ3v) is 4.64. The molecule has 0 atom stereocenters. The zero-order chi connectivity index (χ0) is 17.4. The lowest BCUT2D eigenvalue weighted by Crippen LogP contribution is -2.35. The van der Waals surface area contributed by atoms with Crippen LogP contribution in [-0.4, -0.2) is 46.6 Å². The molecule has 5 heteroatoms. The maximum Gasteiger partial charge on any atom is 0.0964 e. The molecule has 134 valence electrons. The second-order valence-electron chi connectivity index (χ2n) is 7.12.